The minimum absolute atomic E-state index is 0.0770. The van der Waals surface area contributed by atoms with Gasteiger partial charge < -0.3 is 19.3 Å². The lowest BCUT2D eigenvalue weighted by Crippen LogP contribution is -2.50. The van der Waals surface area contributed by atoms with Crippen LogP contribution in [0.3, 0.4) is 0 Å². The van der Waals surface area contributed by atoms with Gasteiger partial charge in [0.05, 0.1) is 60.8 Å². The fourth-order valence-corrected chi connectivity index (χ4v) is 8.52. The van der Waals surface area contributed by atoms with E-state index in [2.05, 4.69) is 49.3 Å². The molecule has 2 unspecified atom stereocenters. The van der Waals surface area contributed by atoms with E-state index in [9.17, 15) is 8.42 Å². The molecule has 2 aliphatic rings. The predicted octanol–water partition coefficient (Wildman–Crippen LogP) is 5.07. The van der Waals surface area contributed by atoms with E-state index in [0.717, 1.165) is 22.4 Å². The molecule has 2 aliphatic heterocycles. The zero-order valence-corrected chi connectivity index (χ0v) is 34.7. The Balaban J connectivity index is 1.16. The van der Waals surface area contributed by atoms with E-state index in [-0.39, 0.29) is 24.1 Å². The number of nitrogens with zero attached hydrogens (tertiary/aromatic N) is 13. The second kappa shape index (κ2) is 15.3. The predicted molar refractivity (Wildman–Crippen MR) is 222 cm³/mol. The Hall–Kier alpha value is -5.11. The van der Waals surface area contributed by atoms with Gasteiger partial charge in [0.25, 0.3) is 0 Å². The molecule has 19 heteroatoms. The molecule has 2 saturated heterocycles. The maximum absolute atomic E-state index is 13.0. The van der Waals surface area contributed by atoms with Crippen molar-refractivity contribution in [3.8, 4) is 11.9 Å². The highest BCUT2D eigenvalue weighted by Gasteiger charge is 2.34. The molecule has 300 valence electrons. The Bertz CT molecular complexity index is 2700. The molecule has 7 heterocycles. The first-order valence-electron chi connectivity index (χ1n) is 18.8. The molecule has 57 heavy (non-hydrogen) atoms. The number of benzene rings is 1. The van der Waals surface area contributed by atoms with Crippen molar-refractivity contribution in [3.63, 3.8) is 0 Å². The van der Waals surface area contributed by atoms with Gasteiger partial charge in [-0.1, -0.05) is 19.1 Å². The summed E-state index contributed by atoms with van der Waals surface area (Å²) in [5.41, 5.74) is 3.14. The normalized spacial score (nSPS) is 19.9. The molecule has 6 aromatic rings. The van der Waals surface area contributed by atoms with Crippen LogP contribution in [0.5, 0.6) is 0 Å². The van der Waals surface area contributed by atoms with Gasteiger partial charge in [0, 0.05) is 81.8 Å². The molecule has 0 aliphatic carbocycles. The van der Waals surface area contributed by atoms with Crippen LogP contribution in [0.2, 0.25) is 0 Å². The van der Waals surface area contributed by atoms with Gasteiger partial charge in [-0.2, -0.15) is 28.7 Å². The van der Waals surface area contributed by atoms with Crippen LogP contribution in [0.15, 0.2) is 69.9 Å². The largest absolute Gasteiger partial charge is 0.377 e. The number of aromatic nitrogens is 9. The van der Waals surface area contributed by atoms with Crippen molar-refractivity contribution in [2.75, 3.05) is 67.7 Å². The van der Waals surface area contributed by atoms with Gasteiger partial charge in [-0.05, 0) is 38.5 Å². The van der Waals surface area contributed by atoms with Gasteiger partial charge in [-0.15, -0.1) is 0 Å². The summed E-state index contributed by atoms with van der Waals surface area (Å²) in [6.07, 6.45) is 11.8. The van der Waals surface area contributed by atoms with E-state index in [4.69, 9.17) is 34.4 Å². The number of ether oxygens (including phenoxy) is 2. The maximum Gasteiger partial charge on any atom is 0.239 e. The monoisotopic (exact) mass is 813 g/mol. The van der Waals surface area contributed by atoms with E-state index in [1.54, 1.807) is 60.4 Å². The molecule has 0 amide bonds. The number of imidazole rings is 2. The van der Waals surface area contributed by atoms with Crippen LogP contribution in [0.1, 0.15) is 38.9 Å². The smallest absolute Gasteiger partial charge is 0.239 e. The van der Waals surface area contributed by atoms with Gasteiger partial charge in [-0.3, -0.25) is 14.1 Å². The fourth-order valence-electron chi connectivity index (χ4n) is 7.43. The minimum atomic E-state index is -2.53. The molecule has 0 spiro atoms. The number of morpholine rings is 2. The summed E-state index contributed by atoms with van der Waals surface area (Å²) in [5, 5.41) is 0. The van der Waals surface area contributed by atoms with Crippen LogP contribution in [0, 0.1) is 0 Å². The van der Waals surface area contributed by atoms with Crippen molar-refractivity contribution in [3.05, 3.63) is 67.0 Å². The lowest BCUT2D eigenvalue weighted by atomic mass is 9.96. The third-order valence-corrected chi connectivity index (χ3v) is 11.3. The van der Waals surface area contributed by atoms with Crippen molar-refractivity contribution in [1.82, 2.24) is 44.0 Å². The van der Waals surface area contributed by atoms with Crippen LogP contribution in [0.25, 0.3) is 34.0 Å². The van der Waals surface area contributed by atoms with E-state index >= 15 is 0 Å². The molecule has 2 fully saturated rings. The molecular formula is C38H47N13O4S2. The molecule has 0 radical (unpaired) electrons. The first-order chi connectivity index (χ1) is 27.2. The highest BCUT2D eigenvalue weighted by Crippen LogP contribution is 2.34. The van der Waals surface area contributed by atoms with Crippen LogP contribution >= 0.6 is 0 Å². The highest BCUT2D eigenvalue weighted by atomic mass is 32.2. The molecule has 5 aromatic heterocycles. The maximum atomic E-state index is 13.0. The number of hydrogen-bond acceptors (Lipinski definition) is 15. The Morgan fingerprint density at radius 1 is 0.825 bits per heavy atom. The third-order valence-electron chi connectivity index (χ3n) is 10.0. The van der Waals surface area contributed by atoms with Gasteiger partial charge in [0.15, 0.2) is 11.6 Å². The van der Waals surface area contributed by atoms with Crippen molar-refractivity contribution < 1.29 is 17.9 Å². The van der Waals surface area contributed by atoms with Crippen LogP contribution in [0.4, 0.5) is 23.3 Å². The SMILES string of the molecule is CC(CC1OCCN(c2cc(N=S(C)(C)=O)nc(-n3cnc4cnccc43)n2)[C@@H]1C)c1nc2ccccc2n1-c1nc(N=S(C)(C)=O)cc(N2CCOC[C@H]2C)n1. The van der Waals surface area contributed by atoms with Crippen molar-refractivity contribution in [2.45, 2.75) is 51.3 Å². The molecule has 0 N–H and O–H groups in total. The Kier molecular flexibility index (Phi) is 10.4. The summed E-state index contributed by atoms with van der Waals surface area (Å²) >= 11 is 0. The van der Waals surface area contributed by atoms with Crippen molar-refractivity contribution in [1.29, 1.82) is 0 Å². The zero-order chi connectivity index (χ0) is 40.1. The second-order valence-corrected chi connectivity index (χ2v) is 20.3. The first-order valence-corrected chi connectivity index (χ1v) is 23.5. The number of fused-ring (bicyclic) bond motifs is 2. The summed E-state index contributed by atoms with van der Waals surface area (Å²) in [4.78, 5) is 37.9. The Morgan fingerprint density at radius 2 is 1.51 bits per heavy atom. The summed E-state index contributed by atoms with van der Waals surface area (Å²) in [6, 6.07) is 13.3. The number of anilines is 2. The number of para-hydroxylation sites is 2. The number of rotatable bonds is 9. The van der Waals surface area contributed by atoms with E-state index < -0.39 is 19.5 Å². The van der Waals surface area contributed by atoms with Crippen molar-refractivity contribution in [2.24, 2.45) is 8.73 Å². The Morgan fingerprint density at radius 3 is 2.25 bits per heavy atom. The molecular weight excluding hydrogens is 767 g/mol. The number of pyridine rings is 1. The molecule has 0 saturated carbocycles. The van der Waals surface area contributed by atoms with E-state index in [1.807, 2.05) is 34.9 Å². The minimum Gasteiger partial charge on any atom is -0.377 e. The topological polar surface area (TPSA) is 184 Å². The summed E-state index contributed by atoms with van der Waals surface area (Å²) < 4.78 is 50.8. The van der Waals surface area contributed by atoms with Gasteiger partial charge in [-0.25, -0.2) is 18.4 Å². The number of hydrogen-bond donors (Lipinski definition) is 0. The molecule has 17 nitrogen and oxygen atoms in total. The van der Waals surface area contributed by atoms with Crippen LogP contribution in [-0.2, 0) is 28.9 Å². The lowest BCUT2D eigenvalue weighted by Gasteiger charge is -2.41. The summed E-state index contributed by atoms with van der Waals surface area (Å²) in [6.45, 7) is 9.18. The molecule has 8 rings (SSSR count). The highest BCUT2D eigenvalue weighted by molar-refractivity contribution is 7.92. The summed E-state index contributed by atoms with van der Waals surface area (Å²) in [5.74, 6) is 3.40. The van der Waals surface area contributed by atoms with E-state index in [1.165, 1.54) is 0 Å². The Labute approximate surface area is 332 Å². The van der Waals surface area contributed by atoms with E-state index in [0.29, 0.717) is 80.0 Å². The van der Waals surface area contributed by atoms with Crippen molar-refractivity contribution >= 4 is 64.8 Å². The molecule has 0 bridgehead atoms. The molecule has 4 atom stereocenters. The average molecular weight is 814 g/mol. The van der Waals surface area contributed by atoms with Gasteiger partial charge in [0.1, 0.15) is 29.3 Å². The van der Waals surface area contributed by atoms with Gasteiger partial charge in [0.2, 0.25) is 11.9 Å². The summed E-state index contributed by atoms with van der Waals surface area (Å²) in [7, 11) is -5.05. The average Bonchev–Trinajstić information content (AvgIpc) is 3.77. The lowest BCUT2D eigenvalue weighted by molar-refractivity contribution is 0.00659. The zero-order valence-electron chi connectivity index (χ0n) is 33.1. The quantitative estimate of drug-likeness (QED) is 0.189. The second-order valence-electron chi connectivity index (χ2n) is 15.2. The van der Waals surface area contributed by atoms with Crippen LogP contribution in [-0.4, -0.2) is 129 Å². The standard InChI is InChI=1S/C38H47N13O4S2/c1-24(36-41-27-10-8-9-11-30(27)51(36)38-43-33(47-57(6,7)53)19-34(45-38)48-14-16-54-22-25(48)2)18-31-26(3)49(15-17-55-31)35-20-32(46-56(4,5)52)42-37(44-35)50-23-40-28-21-39-13-12-29(28)50/h8-13,19-21,23-26,31H,14-18,22H2,1-7H3/t24?,25-,26-,31?/m1/s1. The van der Waals surface area contributed by atoms with Gasteiger partial charge >= 0.3 is 0 Å². The molecule has 1 aromatic carbocycles. The first kappa shape index (κ1) is 38.7. The fraction of sp³-hybridized carbons (Fsp3) is 0.447. The van der Waals surface area contributed by atoms with Crippen LogP contribution < -0.4 is 9.80 Å². The third kappa shape index (κ3) is 8.32.